The Balaban J connectivity index is 4.86. The van der Waals surface area contributed by atoms with Gasteiger partial charge >= 0.3 is 0 Å². The molecule has 26 heavy (non-hydrogen) atoms. The lowest BCUT2D eigenvalue weighted by molar-refractivity contribution is 0.275. The Morgan fingerprint density at radius 3 is 2.35 bits per heavy atom. The van der Waals surface area contributed by atoms with Crippen LogP contribution in [0.15, 0.2) is 24.3 Å². The van der Waals surface area contributed by atoms with Crippen LogP contribution in [0.5, 0.6) is 0 Å². The molecule has 0 saturated heterocycles. The van der Waals surface area contributed by atoms with Crippen molar-refractivity contribution in [1.82, 2.24) is 0 Å². The Kier molecular flexibility index (Phi) is 13.2. The van der Waals surface area contributed by atoms with Crippen LogP contribution in [-0.2, 0) is 4.43 Å². The average Bonchev–Trinajstić information content (AvgIpc) is 2.55. The standard InChI is InChI=1S/C23H38O2Si/c1-7-8-9-10-11-13-16-19-22(20-17-14-12-15-18-21-24)25-26(5,6)23(2,3)4/h15-16,18-19,22,24H,7-11,13,21H2,1-6H3/b18-15+,19-16-/t22-/m0/s1. The van der Waals surface area contributed by atoms with Crippen molar-refractivity contribution in [2.24, 2.45) is 0 Å². The summed E-state index contributed by atoms with van der Waals surface area (Å²) in [5.74, 6) is 11.6. The van der Waals surface area contributed by atoms with E-state index in [9.17, 15) is 0 Å². The van der Waals surface area contributed by atoms with Gasteiger partial charge in [0.05, 0.1) is 6.61 Å². The Hall–Kier alpha value is -1.26. The number of hydrogen-bond acceptors (Lipinski definition) is 2. The fourth-order valence-corrected chi connectivity index (χ4v) is 3.12. The maximum atomic E-state index is 8.69. The van der Waals surface area contributed by atoms with Crippen LogP contribution in [0.3, 0.4) is 0 Å². The van der Waals surface area contributed by atoms with Crippen molar-refractivity contribution >= 4 is 8.32 Å². The summed E-state index contributed by atoms with van der Waals surface area (Å²) in [6.45, 7) is 13.4. The minimum atomic E-state index is -1.88. The molecule has 0 unspecified atom stereocenters. The Labute approximate surface area is 163 Å². The molecule has 0 bridgehead atoms. The van der Waals surface area contributed by atoms with Gasteiger partial charge in [-0.05, 0) is 55.0 Å². The highest BCUT2D eigenvalue weighted by Gasteiger charge is 2.38. The fraction of sp³-hybridized carbons (Fsp3) is 0.652. The number of hydrogen-bond donors (Lipinski definition) is 1. The molecule has 0 heterocycles. The van der Waals surface area contributed by atoms with Crippen molar-refractivity contribution in [2.45, 2.75) is 90.5 Å². The largest absolute Gasteiger partial charge is 0.400 e. The van der Waals surface area contributed by atoms with Crippen LogP contribution < -0.4 is 0 Å². The van der Waals surface area contributed by atoms with E-state index in [-0.39, 0.29) is 17.7 Å². The Morgan fingerprint density at radius 1 is 1.04 bits per heavy atom. The molecule has 0 aliphatic carbocycles. The smallest absolute Gasteiger partial charge is 0.194 e. The van der Waals surface area contributed by atoms with Crippen LogP contribution >= 0.6 is 0 Å². The molecule has 0 spiro atoms. The van der Waals surface area contributed by atoms with E-state index in [1.807, 2.05) is 0 Å². The van der Waals surface area contributed by atoms with Gasteiger partial charge in [0.2, 0.25) is 0 Å². The summed E-state index contributed by atoms with van der Waals surface area (Å²) in [5.41, 5.74) is 0. The Morgan fingerprint density at radius 2 is 1.73 bits per heavy atom. The maximum absolute atomic E-state index is 8.69. The van der Waals surface area contributed by atoms with Crippen molar-refractivity contribution in [2.75, 3.05) is 6.61 Å². The lowest BCUT2D eigenvalue weighted by Gasteiger charge is -2.37. The molecular weight excluding hydrogens is 336 g/mol. The Bertz CT molecular complexity index is 545. The first-order valence-corrected chi connectivity index (χ1v) is 12.8. The van der Waals surface area contributed by atoms with Crippen LogP contribution in [0, 0.1) is 23.7 Å². The first-order chi connectivity index (χ1) is 12.2. The van der Waals surface area contributed by atoms with Gasteiger partial charge in [-0.1, -0.05) is 77.4 Å². The predicted molar refractivity (Wildman–Crippen MR) is 116 cm³/mol. The highest BCUT2D eigenvalue weighted by atomic mass is 28.4. The van der Waals surface area contributed by atoms with Crippen LogP contribution in [0.4, 0.5) is 0 Å². The van der Waals surface area contributed by atoms with E-state index in [0.717, 1.165) is 6.42 Å². The molecule has 0 rings (SSSR count). The number of rotatable bonds is 10. The van der Waals surface area contributed by atoms with E-state index in [0.29, 0.717) is 0 Å². The number of allylic oxidation sites excluding steroid dienone is 2. The molecule has 0 aromatic rings. The summed E-state index contributed by atoms with van der Waals surface area (Å²) >= 11 is 0. The third kappa shape index (κ3) is 12.1. The van der Waals surface area contributed by atoms with Crippen LogP contribution in [0.1, 0.15) is 66.2 Å². The van der Waals surface area contributed by atoms with Gasteiger partial charge in [0.1, 0.15) is 6.10 Å². The quantitative estimate of drug-likeness (QED) is 0.225. The number of unbranched alkanes of at least 4 members (excludes halogenated alkanes) is 5. The topological polar surface area (TPSA) is 29.5 Å². The summed E-state index contributed by atoms with van der Waals surface area (Å²) in [6, 6.07) is 0. The molecule has 0 radical (unpaired) electrons. The van der Waals surface area contributed by atoms with E-state index in [4.69, 9.17) is 9.53 Å². The van der Waals surface area contributed by atoms with Crippen LogP contribution in [0.2, 0.25) is 18.1 Å². The third-order valence-corrected chi connectivity index (χ3v) is 9.12. The van der Waals surface area contributed by atoms with Crippen molar-refractivity contribution in [3.05, 3.63) is 24.3 Å². The highest BCUT2D eigenvalue weighted by Crippen LogP contribution is 2.37. The van der Waals surface area contributed by atoms with Gasteiger partial charge in [-0.3, -0.25) is 0 Å². The van der Waals surface area contributed by atoms with Gasteiger partial charge in [0.25, 0.3) is 0 Å². The molecule has 0 aliphatic heterocycles. The second-order valence-corrected chi connectivity index (χ2v) is 12.8. The molecule has 0 amide bonds. The van der Waals surface area contributed by atoms with Crippen molar-refractivity contribution in [3.8, 4) is 23.7 Å². The highest BCUT2D eigenvalue weighted by molar-refractivity contribution is 6.74. The zero-order valence-corrected chi connectivity index (χ0v) is 18.7. The molecule has 0 aliphatic rings. The van der Waals surface area contributed by atoms with E-state index in [1.54, 1.807) is 12.2 Å². The molecule has 0 saturated carbocycles. The minimum Gasteiger partial charge on any atom is -0.400 e. The molecule has 1 N–H and O–H groups in total. The zero-order valence-electron chi connectivity index (χ0n) is 17.7. The van der Waals surface area contributed by atoms with Crippen molar-refractivity contribution in [3.63, 3.8) is 0 Å². The van der Waals surface area contributed by atoms with Gasteiger partial charge in [-0.25, -0.2) is 0 Å². The summed E-state index contributed by atoms with van der Waals surface area (Å²) in [4.78, 5) is 0. The first kappa shape index (κ1) is 24.7. The molecule has 3 heteroatoms. The van der Waals surface area contributed by atoms with Gasteiger partial charge in [0.15, 0.2) is 8.32 Å². The average molecular weight is 375 g/mol. The van der Waals surface area contributed by atoms with E-state index in [1.165, 1.54) is 32.1 Å². The second-order valence-electron chi connectivity index (χ2n) is 8.05. The zero-order chi connectivity index (χ0) is 19.9. The maximum Gasteiger partial charge on any atom is 0.194 e. The van der Waals surface area contributed by atoms with Gasteiger partial charge in [0, 0.05) is 0 Å². The van der Waals surface area contributed by atoms with E-state index >= 15 is 0 Å². The SMILES string of the molecule is CCCCCCC/C=C\[C@@H](C#CC#C/C=C/CO)O[Si](C)(C)C(C)(C)C. The first-order valence-electron chi connectivity index (χ1n) is 9.86. The molecule has 0 fully saturated rings. The monoisotopic (exact) mass is 374 g/mol. The number of aliphatic hydroxyl groups is 1. The lowest BCUT2D eigenvalue weighted by atomic mass is 10.1. The molecule has 2 nitrogen and oxygen atoms in total. The van der Waals surface area contributed by atoms with Crippen LogP contribution in [0.25, 0.3) is 0 Å². The van der Waals surface area contributed by atoms with Gasteiger partial charge in [-0.2, -0.15) is 0 Å². The van der Waals surface area contributed by atoms with E-state index < -0.39 is 8.32 Å². The summed E-state index contributed by atoms with van der Waals surface area (Å²) in [7, 11) is -1.88. The normalized spacial score (nSPS) is 13.3. The van der Waals surface area contributed by atoms with Crippen molar-refractivity contribution in [1.29, 1.82) is 0 Å². The van der Waals surface area contributed by atoms with Crippen LogP contribution in [-0.4, -0.2) is 26.1 Å². The van der Waals surface area contributed by atoms with Gasteiger partial charge in [-0.15, -0.1) is 0 Å². The van der Waals surface area contributed by atoms with Crippen molar-refractivity contribution < 1.29 is 9.53 Å². The third-order valence-electron chi connectivity index (χ3n) is 4.67. The minimum absolute atomic E-state index is 0.000209. The lowest BCUT2D eigenvalue weighted by Crippen LogP contribution is -2.43. The second kappa shape index (κ2) is 13.9. The molecular formula is C23H38O2Si. The molecule has 146 valence electrons. The van der Waals surface area contributed by atoms with E-state index in [2.05, 4.69) is 76.6 Å². The number of aliphatic hydroxyl groups excluding tert-OH is 1. The summed E-state index contributed by atoms with van der Waals surface area (Å²) in [5, 5.41) is 8.84. The fourth-order valence-electron chi connectivity index (χ4n) is 1.99. The molecule has 0 aromatic heterocycles. The molecule has 1 atom stereocenters. The molecule has 0 aromatic carbocycles. The summed E-state index contributed by atoms with van der Waals surface area (Å²) in [6.07, 6.45) is 14.8. The van der Waals surface area contributed by atoms with Gasteiger partial charge < -0.3 is 9.53 Å². The predicted octanol–water partition coefficient (Wildman–Crippen LogP) is 5.85. The summed E-state index contributed by atoms with van der Waals surface area (Å²) < 4.78 is 6.43.